The molecule has 1 aromatic rings. The van der Waals surface area contributed by atoms with E-state index in [2.05, 4.69) is 21.2 Å². The predicted octanol–water partition coefficient (Wildman–Crippen LogP) is 3.60. The molecule has 0 saturated heterocycles. The standard InChI is InChI=1S/C15H19BrFNO3/c1-15(2,3)8-9(7-12(19)20)18-14(21)10-5-4-6-11(16)13(10)17/h4-6,9H,7-8H2,1-3H3,(H,18,21)(H,19,20). The number of carbonyl (C=O) groups is 2. The molecule has 0 heterocycles. The molecule has 1 rings (SSSR count). The number of benzene rings is 1. The maximum Gasteiger partial charge on any atom is 0.305 e. The van der Waals surface area contributed by atoms with Crippen LogP contribution in [0.3, 0.4) is 0 Å². The first-order valence-corrected chi connectivity index (χ1v) is 7.36. The summed E-state index contributed by atoms with van der Waals surface area (Å²) in [4.78, 5) is 23.0. The zero-order valence-corrected chi connectivity index (χ0v) is 13.8. The molecule has 1 amide bonds. The molecule has 21 heavy (non-hydrogen) atoms. The summed E-state index contributed by atoms with van der Waals surface area (Å²) in [5.41, 5.74) is -0.253. The second-order valence-electron chi connectivity index (χ2n) is 6.13. The molecule has 1 unspecified atom stereocenters. The van der Waals surface area contributed by atoms with Crippen LogP contribution in [-0.4, -0.2) is 23.0 Å². The van der Waals surface area contributed by atoms with Gasteiger partial charge in [0.15, 0.2) is 0 Å². The summed E-state index contributed by atoms with van der Waals surface area (Å²) in [6, 6.07) is 3.87. The van der Waals surface area contributed by atoms with E-state index in [1.165, 1.54) is 12.1 Å². The van der Waals surface area contributed by atoms with E-state index in [4.69, 9.17) is 5.11 Å². The van der Waals surface area contributed by atoms with Gasteiger partial charge in [0.1, 0.15) is 5.82 Å². The lowest BCUT2D eigenvalue weighted by atomic mass is 9.87. The highest BCUT2D eigenvalue weighted by Crippen LogP contribution is 2.23. The number of aliphatic carboxylic acids is 1. The third kappa shape index (κ3) is 5.83. The van der Waals surface area contributed by atoms with Gasteiger partial charge in [0.25, 0.3) is 5.91 Å². The Morgan fingerprint density at radius 3 is 2.52 bits per heavy atom. The molecule has 116 valence electrons. The van der Waals surface area contributed by atoms with Crippen molar-refractivity contribution in [2.45, 2.75) is 39.7 Å². The summed E-state index contributed by atoms with van der Waals surface area (Å²) < 4.78 is 14.1. The Kier molecular flexibility index (Phi) is 5.89. The molecule has 1 atom stereocenters. The summed E-state index contributed by atoms with van der Waals surface area (Å²) in [5.74, 6) is -2.26. The van der Waals surface area contributed by atoms with Crippen LogP contribution >= 0.6 is 15.9 Å². The van der Waals surface area contributed by atoms with Crippen molar-refractivity contribution in [1.82, 2.24) is 5.32 Å². The average molecular weight is 360 g/mol. The predicted molar refractivity (Wildman–Crippen MR) is 81.7 cm³/mol. The molecule has 0 spiro atoms. The third-order valence-electron chi connectivity index (χ3n) is 2.81. The van der Waals surface area contributed by atoms with Crippen LogP contribution < -0.4 is 5.32 Å². The summed E-state index contributed by atoms with van der Waals surface area (Å²) in [6.45, 7) is 5.86. The minimum absolute atomic E-state index is 0.103. The van der Waals surface area contributed by atoms with Crippen LogP contribution in [0.4, 0.5) is 4.39 Å². The second kappa shape index (κ2) is 7.02. The van der Waals surface area contributed by atoms with Crippen LogP contribution in [0.15, 0.2) is 22.7 Å². The van der Waals surface area contributed by atoms with E-state index in [1.807, 2.05) is 20.8 Å². The number of carbonyl (C=O) groups excluding carboxylic acids is 1. The van der Waals surface area contributed by atoms with E-state index >= 15 is 0 Å². The number of amides is 1. The fourth-order valence-corrected chi connectivity index (χ4v) is 2.43. The SMILES string of the molecule is CC(C)(C)CC(CC(=O)O)NC(=O)c1cccc(Br)c1F. The molecule has 0 radical (unpaired) electrons. The lowest BCUT2D eigenvalue weighted by molar-refractivity contribution is -0.137. The van der Waals surface area contributed by atoms with Gasteiger partial charge in [-0.15, -0.1) is 0 Å². The van der Waals surface area contributed by atoms with E-state index in [1.54, 1.807) is 6.07 Å². The molecular formula is C15H19BrFNO3. The van der Waals surface area contributed by atoms with Gasteiger partial charge in [-0.2, -0.15) is 0 Å². The average Bonchev–Trinajstić information content (AvgIpc) is 2.29. The van der Waals surface area contributed by atoms with Crippen molar-refractivity contribution in [3.8, 4) is 0 Å². The Morgan fingerprint density at radius 1 is 1.38 bits per heavy atom. The first-order valence-electron chi connectivity index (χ1n) is 6.57. The highest BCUT2D eigenvalue weighted by molar-refractivity contribution is 9.10. The van der Waals surface area contributed by atoms with Crippen molar-refractivity contribution in [3.05, 3.63) is 34.1 Å². The van der Waals surface area contributed by atoms with Gasteiger partial charge < -0.3 is 10.4 Å². The van der Waals surface area contributed by atoms with Crippen molar-refractivity contribution < 1.29 is 19.1 Å². The van der Waals surface area contributed by atoms with Crippen LogP contribution in [0.2, 0.25) is 0 Å². The molecule has 2 N–H and O–H groups in total. The summed E-state index contributed by atoms with van der Waals surface area (Å²) in [5, 5.41) is 11.5. The van der Waals surface area contributed by atoms with Crippen LogP contribution in [-0.2, 0) is 4.79 Å². The first kappa shape index (κ1) is 17.6. The van der Waals surface area contributed by atoms with E-state index in [0.29, 0.717) is 6.42 Å². The normalized spacial score (nSPS) is 12.8. The minimum Gasteiger partial charge on any atom is -0.481 e. The highest BCUT2D eigenvalue weighted by atomic mass is 79.9. The first-order chi connectivity index (χ1) is 9.60. The van der Waals surface area contributed by atoms with E-state index in [-0.39, 0.29) is 21.9 Å². The van der Waals surface area contributed by atoms with Crippen molar-refractivity contribution in [1.29, 1.82) is 0 Å². The molecule has 0 aliphatic carbocycles. The molecule has 0 aromatic heterocycles. The van der Waals surface area contributed by atoms with Gasteiger partial charge in [0.05, 0.1) is 16.5 Å². The lowest BCUT2D eigenvalue weighted by Crippen LogP contribution is -2.39. The van der Waals surface area contributed by atoms with Crippen LogP contribution in [0, 0.1) is 11.2 Å². The molecule has 0 aliphatic heterocycles. The van der Waals surface area contributed by atoms with Crippen molar-refractivity contribution in [2.75, 3.05) is 0 Å². The van der Waals surface area contributed by atoms with Crippen molar-refractivity contribution >= 4 is 27.8 Å². The number of nitrogens with one attached hydrogen (secondary N) is 1. The maximum absolute atomic E-state index is 13.9. The Balaban J connectivity index is 2.89. The number of hydrogen-bond donors (Lipinski definition) is 2. The summed E-state index contributed by atoms with van der Waals surface area (Å²) >= 11 is 3.02. The number of halogens is 2. The number of rotatable bonds is 5. The van der Waals surface area contributed by atoms with Crippen LogP contribution in [0.5, 0.6) is 0 Å². The molecule has 0 saturated carbocycles. The maximum atomic E-state index is 13.9. The van der Waals surface area contributed by atoms with Gasteiger partial charge in [-0.3, -0.25) is 9.59 Å². The van der Waals surface area contributed by atoms with Gasteiger partial charge in [-0.05, 0) is 39.9 Å². The van der Waals surface area contributed by atoms with Crippen LogP contribution in [0.1, 0.15) is 44.0 Å². The molecule has 0 aliphatic rings. The Labute approximate surface area is 131 Å². The smallest absolute Gasteiger partial charge is 0.305 e. The largest absolute Gasteiger partial charge is 0.481 e. The zero-order valence-electron chi connectivity index (χ0n) is 12.2. The number of hydrogen-bond acceptors (Lipinski definition) is 2. The molecular weight excluding hydrogens is 341 g/mol. The van der Waals surface area contributed by atoms with Crippen molar-refractivity contribution in [3.63, 3.8) is 0 Å². The van der Waals surface area contributed by atoms with Gasteiger partial charge in [0, 0.05) is 6.04 Å². The third-order valence-corrected chi connectivity index (χ3v) is 3.42. The Morgan fingerprint density at radius 2 is 2.00 bits per heavy atom. The van der Waals surface area contributed by atoms with E-state index in [9.17, 15) is 14.0 Å². The van der Waals surface area contributed by atoms with Gasteiger partial charge in [0.2, 0.25) is 0 Å². The fraction of sp³-hybridized carbons (Fsp3) is 0.467. The molecule has 6 heteroatoms. The van der Waals surface area contributed by atoms with Gasteiger partial charge in [-0.25, -0.2) is 4.39 Å². The fourth-order valence-electron chi connectivity index (χ4n) is 2.07. The summed E-state index contributed by atoms with van der Waals surface area (Å²) in [7, 11) is 0. The molecule has 1 aromatic carbocycles. The topological polar surface area (TPSA) is 66.4 Å². The highest BCUT2D eigenvalue weighted by Gasteiger charge is 2.24. The number of carboxylic acids is 1. The lowest BCUT2D eigenvalue weighted by Gasteiger charge is -2.26. The van der Waals surface area contributed by atoms with Gasteiger partial charge in [-0.1, -0.05) is 26.8 Å². The number of carboxylic acid groups (broad SMARTS) is 1. The van der Waals surface area contributed by atoms with Gasteiger partial charge >= 0.3 is 5.97 Å². The molecule has 0 fully saturated rings. The Hall–Kier alpha value is -1.43. The quantitative estimate of drug-likeness (QED) is 0.843. The molecule has 4 nitrogen and oxygen atoms in total. The molecule has 0 bridgehead atoms. The van der Waals surface area contributed by atoms with E-state index < -0.39 is 23.7 Å². The van der Waals surface area contributed by atoms with Crippen LogP contribution in [0.25, 0.3) is 0 Å². The second-order valence-corrected chi connectivity index (χ2v) is 6.99. The summed E-state index contributed by atoms with van der Waals surface area (Å²) in [6.07, 6.45) is 0.291. The van der Waals surface area contributed by atoms with E-state index in [0.717, 1.165) is 0 Å². The Bertz CT molecular complexity index is 540. The van der Waals surface area contributed by atoms with Crippen molar-refractivity contribution in [2.24, 2.45) is 5.41 Å². The monoisotopic (exact) mass is 359 g/mol. The zero-order chi connectivity index (χ0) is 16.2. The minimum atomic E-state index is -1.00.